The number of benzene rings is 2. The molecule has 0 atom stereocenters. The maximum Gasteiger partial charge on any atom is 0.248 e. The summed E-state index contributed by atoms with van der Waals surface area (Å²) in [5, 5.41) is 11.2. The van der Waals surface area contributed by atoms with Gasteiger partial charge < -0.3 is 14.6 Å². The first-order chi connectivity index (χ1) is 14.6. The minimum absolute atomic E-state index is 0.110. The lowest BCUT2D eigenvalue weighted by molar-refractivity contribution is -0.111. The van der Waals surface area contributed by atoms with Crippen LogP contribution in [0.5, 0.6) is 5.75 Å². The molecule has 2 aromatic carbocycles. The van der Waals surface area contributed by atoms with Crippen LogP contribution in [0.25, 0.3) is 17.5 Å². The molecule has 1 aliphatic rings. The molecule has 7 heteroatoms. The number of aromatic nitrogens is 3. The molecule has 0 saturated carbocycles. The Hall–Kier alpha value is -3.48. The van der Waals surface area contributed by atoms with Gasteiger partial charge in [0, 0.05) is 24.6 Å². The van der Waals surface area contributed by atoms with Crippen molar-refractivity contribution in [2.75, 3.05) is 12.4 Å². The molecule has 3 aromatic rings. The van der Waals surface area contributed by atoms with E-state index in [1.54, 1.807) is 25.3 Å². The number of nitrogens with one attached hydrogen (secondary N) is 1. The largest absolute Gasteiger partial charge is 0.497 e. The van der Waals surface area contributed by atoms with Gasteiger partial charge in [-0.2, -0.15) is 0 Å². The number of nitrogens with zero attached hydrogens (tertiary/aromatic N) is 3. The summed E-state index contributed by atoms with van der Waals surface area (Å²) in [5.74, 6) is 1.43. The van der Waals surface area contributed by atoms with Crippen molar-refractivity contribution in [2.45, 2.75) is 32.2 Å². The fourth-order valence-electron chi connectivity index (χ4n) is 3.55. The van der Waals surface area contributed by atoms with Crippen molar-refractivity contribution >= 4 is 17.7 Å². The summed E-state index contributed by atoms with van der Waals surface area (Å²) in [4.78, 5) is 12.3. The second kappa shape index (κ2) is 8.90. The summed E-state index contributed by atoms with van der Waals surface area (Å²) >= 11 is 0. The highest BCUT2D eigenvalue weighted by molar-refractivity contribution is 6.02. The normalized spacial score (nSPS) is 13.7. The van der Waals surface area contributed by atoms with Gasteiger partial charge in [-0.1, -0.05) is 18.6 Å². The van der Waals surface area contributed by atoms with Gasteiger partial charge in [0.25, 0.3) is 0 Å². The van der Waals surface area contributed by atoms with Crippen LogP contribution < -0.4 is 10.1 Å². The molecule has 0 radical (unpaired) electrons. The van der Waals surface area contributed by atoms with Crippen LogP contribution in [0.3, 0.4) is 0 Å². The highest BCUT2D eigenvalue weighted by Crippen LogP contribution is 2.26. The molecule has 2 heterocycles. The number of hydrogen-bond donors (Lipinski definition) is 1. The number of fused-ring (bicyclic) bond motifs is 1. The van der Waals surface area contributed by atoms with Crippen molar-refractivity contribution in [3.8, 4) is 17.1 Å². The summed E-state index contributed by atoms with van der Waals surface area (Å²) in [6.45, 7) is 0.847. The molecule has 4 rings (SSSR count). The molecule has 1 aromatic heterocycles. The van der Waals surface area contributed by atoms with Gasteiger partial charge in [0.15, 0.2) is 5.82 Å². The third kappa shape index (κ3) is 4.40. The fraction of sp³-hybridized carbons (Fsp3) is 0.261. The number of methoxy groups -OCH3 is 1. The Morgan fingerprint density at radius 2 is 2.07 bits per heavy atom. The Labute approximate surface area is 174 Å². The first kappa shape index (κ1) is 19.8. The number of ether oxygens (including phenoxy) is 1. The number of amides is 1. The van der Waals surface area contributed by atoms with E-state index < -0.39 is 11.7 Å². The minimum Gasteiger partial charge on any atom is -0.497 e. The van der Waals surface area contributed by atoms with Crippen molar-refractivity contribution in [1.82, 2.24) is 14.8 Å². The number of halogens is 1. The van der Waals surface area contributed by atoms with Crippen LogP contribution in [0.15, 0.2) is 48.5 Å². The number of carbonyl (C=O) groups is 1. The summed E-state index contributed by atoms with van der Waals surface area (Å²) in [6.07, 6.45) is 7.24. The number of aryl methyl sites for hydroxylation is 1. The molecule has 1 N–H and O–H groups in total. The lowest BCUT2D eigenvalue weighted by atomic mass is 10.1. The summed E-state index contributed by atoms with van der Waals surface area (Å²) in [7, 11) is 1.58. The minimum atomic E-state index is -0.502. The average molecular weight is 406 g/mol. The molecule has 0 unspecified atom stereocenters. The zero-order chi connectivity index (χ0) is 20.9. The van der Waals surface area contributed by atoms with Gasteiger partial charge in [0.05, 0.1) is 12.8 Å². The molecule has 30 heavy (non-hydrogen) atoms. The van der Waals surface area contributed by atoms with E-state index in [4.69, 9.17) is 4.74 Å². The Morgan fingerprint density at radius 1 is 1.17 bits per heavy atom. The van der Waals surface area contributed by atoms with Crippen molar-refractivity contribution < 1.29 is 13.9 Å². The van der Waals surface area contributed by atoms with Gasteiger partial charge in [-0.15, -0.1) is 10.2 Å². The Balaban J connectivity index is 1.53. The van der Waals surface area contributed by atoms with Gasteiger partial charge >= 0.3 is 0 Å². The van der Waals surface area contributed by atoms with Crippen LogP contribution in [0.1, 0.15) is 30.7 Å². The van der Waals surface area contributed by atoms with E-state index in [-0.39, 0.29) is 5.69 Å². The van der Waals surface area contributed by atoms with Crippen LogP contribution >= 0.6 is 0 Å². The van der Waals surface area contributed by atoms with E-state index in [2.05, 4.69) is 20.1 Å². The van der Waals surface area contributed by atoms with Crippen molar-refractivity contribution in [1.29, 1.82) is 0 Å². The van der Waals surface area contributed by atoms with Crippen LogP contribution in [0.4, 0.5) is 10.1 Å². The molecule has 0 saturated heterocycles. The maximum absolute atomic E-state index is 14.3. The predicted molar refractivity (Wildman–Crippen MR) is 114 cm³/mol. The Kier molecular flexibility index (Phi) is 5.88. The zero-order valence-electron chi connectivity index (χ0n) is 16.8. The molecule has 0 aliphatic carbocycles. The second-order valence-corrected chi connectivity index (χ2v) is 7.20. The molecular formula is C23H23FN4O2. The van der Waals surface area contributed by atoms with Crippen LogP contribution in [-0.4, -0.2) is 27.8 Å². The maximum atomic E-state index is 14.3. The molecule has 154 valence electrons. The van der Waals surface area contributed by atoms with Gasteiger partial charge in [0.2, 0.25) is 5.91 Å². The van der Waals surface area contributed by atoms with Crippen LogP contribution in [0.2, 0.25) is 0 Å². The summed E-state index contributed by atoms with van der Waals surface area (Å²) in [6, 6.07) is 11.9. The van der Waals surface area contributed by atoms with Crippen molar-refractivity contribution in [2.24, 2.45) is 0 Å². The number of rotatable bonds is 5. The molecule has 0 bridgehead atoms. The highest BCUT2D eigenvalue weighted by Gasteiger charge is 2.17. The van der Waals surface area contributed by atoms with Gasteiger partial charge in [0.1, 0.15) is 17.4 Å². The lowest BCUT2D eigenvalue weighted by Crippen LogP contribution is -2.10. The SMILES string of the molecule is COc1cccc(/C=C/C(=O)Nc2cc(-c3nnc4n3CCCCC4)ccc2F)c1. The van der Waals surface area contributed by atoms with Crippen LogP contribution in [0, 0.1) is 5.82 Å². The monoisotopic (exact) mass is 406 g/mol. The van der Waals surface area contributed by atoms with Gasteiger partial charge in [-0.05, 0) is 54.8 Å². The number of hydrogen-bond acceptors (Lipinski definition) is 4. The van der Waals surface area contributed by atoms with E-state index in [1.807, 2.05) is 24.3 Å². The molecule has 0 spiro atoms. The topological polar surface area (TPSA) is 69.0 Å². The van der Waals surface area contributed by atoms with Gasteiger partial charge in [-0.3, -0.25) is 4.79 Å². The Bertz CT molecular complexity index is 1090. The summed E-state index contributed by atoms with van der Waals surface area (Å²) in [5.41, 5.74) is 1.65. The first-order valence-electron chi connectivity index (χ1n) is 9.99. The standard InChI is InChI=1S/C23H23FN4O2/c1-30-18-7-5-6-16(14-18)9-12-22(29)25-20-15-17(10-11-19(20)24)23-27-26-21-8-3-2-4-13-28(21)23/h5-7,9-12,14-15H,2-4,8,13H2,1H3,(H,25,29)/b12-9+. The molecule has 0 fully saturated rings. The van der Waals surface area contributed by atoms with E-state index in [0.29, 0.717) is 11.6 Å². The Morgan fingerprint density at radius 3 is 2.93 bits per heavy atom. The van der Waals surface area contributed by atoms with Gasteiger partial charge in [-0.25, -0.2) is 4.39 Å². The number of anilines is 1. The molecular weight excluding hydrogens is 383 g/mol. The smallest absolute Gasteiger partial charge is 0.248 e. The predicted octanol–water partition coefficient (Wildman–Crippen LogP) is 4.47. The van der Waals surface area contributed by atoms with E-state index in [1.165, 1.54) is 12.1 Å². The first-order valence-corrected chi connectivity index (χ1v) is 9.99. The van der Waals surface area contributed by atoms with Crippen molar-refractivity contribution in [3.05, 3.63) is 65.7 Å². The second-order valence-electron chi connectivity index (χ2n) is 7.20. The van der Waals surface area contributed by atoms with Crippen molar-refractivity contribution in [3.63, 3.8) is 0 Å². The molecule has 6 nitrogen and oxygen atoms in total. The molecule has 1 amide bonds. The fourth-order valence-corrected chi connectivity index (χ4v) is 3.55. The van der Waals surface area contributed by atoms with E-state index >= 15 is 0 Å². The van der Waals surface area contributed by atoms with E-state index in [0.717, 1.165) is 49.2 Å². The quantitative estimate of drug-likeness (QED) is 0.635. The third-order valence-corrected chi connectivity index (χ3v) is 5.11. The molecule has 1 aliphatic heterocycles. The zero-order valence-corrected chi connectivity index (χ0v) is 16.8. The highest BCUT2D eigenvalue weighted by atomic mass is 19.1. The summed E-state index contributed by atoms with van der Waals surface area (Å²) < 4.78 is 21.6. The third-order valence-electron chi connectivity index (χ3n) is 5.11. The van der Waals surface area contributed by atoms with Crippen LogP contribution in [-0.2, 0) is 17.8 Å². The lowest BCUT2D eigenvalue weighted by Gasteiger charge is -2.09. The average Bonchev–Trinajstić information content (AvgIpc) is 3.02. The number of carbonyl (C=O) groups excluding carboxylic acids is 1. The van der Waals surface area contributed by atoms with E-state index in [9.17, 15) is 9.18 Å².